The number of carbonyl (C=O) groups is 4. The van der Waals surface area contributed by atoms with Crippen molar-refractivity contribution >= 4 is 40.6 Å². The lowest BCUT2D eigenvalue weighted by atomic mass is 9.99. The third-order valence-corrected chi connectivity index (χ3v) is 7.27. The molecule has 11 N–H and O–H groups in total. The third-order valence-electron chi connectivity index (χ3n) is 7.27. The SMILES string of the molecule is CC(C)CC(NC(=O)C(N)Cc1c[nH]c2ccccc12)C(=O)NC(Cc1ccccc1)C(=O)NC(CCCN=C(N)N)C(=O)O. The summed E-state index contributed by atoms with van der Waals surface area (Å²) in [5, 5.41) is 18.7. The highest BCUT2D eigenvalue weighted by Crippen LogP contribution is 2.19. The summed E-state index contributed by atoms with van der Waals surface area (Å²) in [5.74, 6) is -3.07. The Hall–Kier alpha value is -4.91. The number of carboxylic acids is 1. The molecule has 242 valence electrons. The van der Waals surface area contributed by atoms with E-state index < -0.39 is 47.9 Å². The number of H-pyrrole nitrogens is 1. The van der Waals surface area contributed by atoms with Gasteiger partial charge < -0.3 is 43.2 Å². The summed E-state index contributed by atoms with van der Waals surface area (Å²) in [7, 11) is 0. The number of guanidine groups is 1. The van der Waals surface area contributed by atoms with Gasteiger partial charge in [-0.3, -0.25) is 19.4 Å². The number of benzene rings is 2. The number of nitrogens with two attached hydrogens (primary N) is 3. The molecule has 0 bridgehead atoms. The molecule has 4 unspecified atom stereocenters. The van der Waals surface area contributed by atoms with Gasteiger partial charge in [0.25, 0.3) is 0 Å². The van der Waals surface area contributed by atoms with Crippen molar-refractivity contribution in [3.8, 4) is 0 Å². The summed E-state index contributed by atoms with van der Waals surface area (Å²) in [6.07, 6.45) is 2.84. The Bertz CT molecular complexity index is 1470. The molecule has 3 aromatic rings. The summed E-state index contributed by atoms with van der Waals surface area (Å²) < 4.78 is 0. The van der Waals surface area contributed by atoms with Crippen molar-refractivity contribution < 1.29 is 24.3 Å². The molecule has 0 saturated carbocycles. The molecule has 13 heteroatoms. The second kappa shape index (κ2) is 16.8. The molecule has 1 heterocycles. The van der Waals surface area contributed by atoms with Crippen molar-refractivity contribution in [2.24, 2.45) is 28.1 Å². The van der Waals surface area contributed by atoms with Crippen LogP contribution in [0.4, 0.5) is 0 Å². The van der Waals surface area contributed by atoms with Crippen molar-refractivity contribution in [1.82, 2.24) is 20.9 Å². The molecular weight excluding hydrogens is 576 g/mol. The number of para-hydroxylation sites is 1. The van der Waals surface area contributed by atoms with E-state index in [1.54, 1.807) is 24.3 Å². The second-order valence-corrected chi connectivity index (χ2v) is 11.5. The van der Waals surface area contributed by atoms with Crippen LogP contribution >= 0.6 is 0 Å². The zero-order valence-corrected chi connectivity index (χ0v) is 25.7. The minimum absolute atomic E-state index is 0.0221. The molecule has 13 nitrogen and oxygen atoms in total. The monoisotopic (exact) mass is 620 g/mol. The van der Waals surface area contributed by atoms with Crippen molar-refractivity contribution in [3.05, 3.63) is 71.9 Å². The lowest BCUT2D eigenvalue weighted by molar-refractivity contribution is -0.142. The number of amides is 3. The first-order valence-corrected chi connectivity index (χ1v) is 15.0. The summed E-state index contributed by atoms with van der Waals surface area (Å²) in [6.45, 7) is 4.02. The number of aliphatic carboxylic acids is 1. The van der Waals surface area contributed by atoms with Gasteiger partial charge in [-0.2, -0.15) is 0 Å². The highest BCUT2D eigenvalue weighted by atomic mass is 16.4. The summed E-state index contributed by atoms with van der Waals surface area (Å²) >= 11 is 0. The van der Waals surface area contributed by atoms with Gasteiger partial charge in [-0.15, -0.1) is 0 Å². The number of aromatic nitrogens is 1. The number of hydrogen-bond donors (Lipinski definition) is 8. The number of aliphatic imine (C=N–C) groups is 1. The first-order valence-electron chi connectivity index (χ1n) is 15.0. The predicted molar refractivity (Wildman–Crippen MR) is 173 cm³/mol. The fourth-order valence-electron chi connectivity index (χ4n) is 4.98. The second-order valence-electron chi connectivity index (χ2n) is 11.5. The number of carboxylic acid groups (broad SMARTS) is 1. The lowest BCUT2D eigenvalue weighted by Gasteiger charge is -2.26. The maximum absolute atomic E-state index is 13.6. The zero-order valence-electron chi connectivity index (χ0n) is 25.7. The fraction of sp³-hybridized carbons (Fsp3) is 0.406. The van der Waals surface area contributed by atoms with Crippen LogP contribution in [0.2, 0.25) is 0 Å². The van der Waals surface area contributed by atoms with E-state index in [2.05, 4.69) is 25.9 Å². The summed E-state index contributed by atoms with van der Waals surface area (Å²) in [4.78, 5) is 59.2. The summed E-state index contributed by atoms with van der Waals surface area (Å²) in [6, 6.07) is 12.5. The molecular formula is C32H44N8O5. The Morgan fingerprint density at radius 1 is 0.844 bits per heavy atom. The van der Waals surface area contributed by atoms with Crippen LogP contribution < -0.4 is 33.2 Å². The predicted octanol–water partition coefficient (Wildman–Crippen LogP) is 0.919. The van der Waals surface area contributed by atoms with Crippen LogP contribution in [-0.2, 0) is 32.0 Å². The van der Waals surface area contributed by atoms with Gasteiger partial charge in [-0.1, -0.05) is 62.4 Å². The number of hydrogen-bond acceptors (Lipinski definition) is 6. The molecule has 0 fully saturated rings. The van der Waals surface area contributed by atoms with Crippen LogP contribution in [0.3, 0.4) is 0 Å². The molecule has 3 rings (SSSR count). The molecule has 0 saturated heterocycles. The molecule has 0 spiro atoms. The van der Waals surface area contributed by atoms with Crippen LogP contribution in [0.5, 0.6) is 0 Å². The smallest absolute Gasteiger partial charge is 0.326 e. The van der Waals surface area contributed by atoms with Crippen LogP contribution in [-0.4, -0.2) is 70.5 Å². The van der Waals surface area contributed by atoms with Gasteiger partial charge in [0.15, 0.2) is 5.96 Å². The Balaban J connectivity index is 1.73. The molecule has 4 atom stereocenters. The number of aromatic amines is 1. The topological polar surface area (TPSA) is 231 Å². The average Bonchev–Trinajstić information content (AvgIpc) is 3.40. The van der Waals surface area contributed by atoms with Crippen LogP contribution in [0.25, 0.3) is 10.9 Å². The van der Waals surface area contributed by atoms with Crippen molar-refractivity contribution in [3.63, 3.8) is 0 Å². The number of rotatable bonds is 17. The van der Waals surface area contributed by atoms with Crippen molar-refractivity contribution in [1.29, 1.82) is 0 Å². The van der Waals surface area contributed by atoms with E-state index >= 15 is 0 Å². The van der Waals surface area contributed by atoms with E-state index in [4.69, 9.17) is 17.2 Å². The highest BCUT2D eigenvalue weighted by molar-refractivity contribution is 5.94. The van der Waals surface area contributed by atoms with Gasteiger partial charge in [0.05, 0.1) is 6.04 Å². The lowest BCUT2D eigenvalue weighted by Crippen LogP contribution is -2.58. The van der Waals surface area contributed by atoms with E-state index in [1.165, 1.54) is 0 Å². The van der Waals surface area contributed by atoms with Gasteiger partial charge >= 0.3 is 5.97 Å². The summed E-state index contributed by atoms with van der Waals surface area (Å²) in [5.41, 5.74) is 19.5. The molecule has 0 aliphatic rings. The van der Waals surface area contributed by atoms with Gasteiger partial charge in [0.1, 0.15) is 18.1 Å². The van der Waals surface area contributed by atoms with Crippen molar-refractivity contribution in [2.45, 2.75) is 70.1 Å². The minimum Gasteiger partial charge on any atom is -0.480 e. The minimum atomic E-state index is -1.23. The Morgan fingerprint density at radius 3 is 2.13 bits per heavy atom. The Morgan fingerprint density at radius 2 is 1.47 bits per heavy atom. The van der Waals surface area contributed by atoms with E-state index in [9.17, 15) is 24.3 Å². The molecule has 2 aromatic carbocycles. The first kappa shape index (κ1) is 34.6. The highest BCUT2D eigenvalue weighted by Gasteiger charge is 2.31. The molecule has 0 aliphatic carbocycles. The first-order chi connectivity index (χ1) is 21.4. The van der Waals surface area contributed by atoms with E-state index in [1.807, 2.05) is 50.4 Å². The quantitative estimate of drug-likeness (QED) is 0.0613. The zero-order chi connectivity index (χ0) is 32.9. The average molecular weight is 621 g/mol. The van der Waals surface area contributed by atoms with E-state index in [-0.39, 0.29) is 37.7 Å². The Kier molecular flexibility index (Phi) is 12.9. The van der Waals surface area contributed by atoms with Crippen LogP contribution in [0, 0.1) is 5.92 Å². The largest absolute Gasteiger partial charge is 0.480 e. The van der Waals surface area contributed by atoms with Gasteiger partial charge in [-0.25, -0.2) is 4.79 Å². The molecule has 45 heavy (non-hydrogen) atoms. The maximum Gasteiger partial charge on any atom is 0.326 e. The third kappa shape index (κ3) is 10.9. The number of carbonyl (C=O) groups excluding carboxylic acids is 3. The number of fused-ring (bicyclic) bond motifs is 1. The Labute approximate surface area is 262 Å². The van der Waals surface area contributed by atoms with Gasteiger partial charge in [-0.05, 0) is 48.8 Å². The van der Waals surface area contributed by atoms with Crippen LogP contribution in [0.1, 0.15) is 44.2 Å². The molecule has 3 amide bonds. The van der Waals surface area contributed by atoms with Crippen LogP contribution in [0.15, 0.2) is 65.8 Å². The number of nitrogens with one attached hydrogen (secondary N) is 4. The van der Waals surface area contributed by atoms with Gasteiger partial charge in [0, 0.05) is 30.1 Å². The standard InChI is InChI=1S/C32H44N8O5/c1-19(2)15-26(39-28(41)23(33)17-21-18-37-24-12-7-6-11-22(21)24)29(42)40-27(16-20-9-4-3-5-10-20)30(43)38-25(31(44)45)13-8-14-36-32(34)35/h3-7,9-12,18-19,23,25-27,37H,8,13-17,33H2,1-2H3,(H,38,43)(H,39,41)(H,40,42)(H,44,45)(H4,34,35,36). The maximum atomic E-state index is 13.6. The van der Waals surface area contributed by atoms with Gasteiger partial charge in [0.2, 0.25) is 17.7 Å². The molecule has 0 radical (unpaired) electrons. The van der Waals surface area contributed by atoms with E-state index in [0.29, 0.717) is 12.8 Å². The molecule has 1 aromatic heterocycles. The van der Waals surface area contributed by atoms with Crippen molar-refractivity contribution in [2.75, 3.05) is 6.54 Å². The number of nitrogens with zero attached hydrogens (tertiary/aromatic N) is 1. The fourth-order valence-corrected chi connectivity index (χ4v) is 4.98. The molecule has 0 aliphatic heterocycles. The van der Waals surface area contributed by atoms with E-state index in [0.717, 1.165) is 22.0 Å². The normalized spacial score (nSPS) is 13.8.